The van der Waals surface area contributed by atoms with Crippen LogP contribution in [0, 0.1) is 0 Å². The van der Waals surface area contributed by atoms with Crippen molar-refractivity contribution in [1.82, 2.24) is 4.57 Å². The molecular weight excluding hydrogens is 663 g/mol. The fourth-order valence-corrected chi connectivity index (χ4v) is 10.1. The second-order valence-corrected chi connectivity index (χ2v) is 19.4. The summed E-state index contributed by atoms with van der Waals surface area (Å²) in [5, 5.41) is 10.8. The molecule has 0 saturated heterocycles. The van der Waals surface area contributed by atoms with Crippen LogP contribution in [0.4, 0.5) is 17.1 Å². The largest absolute Gasteiger partial charge is 0.311 e. The zero-order valence-electron chi connectivity index (χ0n) is 33.5. The molecule has 268 valence electrons. The third-order valence-electron chi connectivity index (χ3n) is 13.0. The van der Waals surface area contributed by atoms with Crippen LogP contribution in [0.15, 0.2) is 121 Å². The fourth-order valence-electron chi connectivity index (χ4n) is 10.1. The molecule has 2 aliphatic heterocycles. The SMILES string of the molecule is CC(C)(C)c1ccc(N2c3ccc(C(C)(C)C)cc3B3c4c2cccc4-n2c4cc(C(C)(C)C)ccc4c4c5ccc6cccc7ccc(c3c42)c5c76)cc1. The van der Waals surface area contributed by atoms with Gasteiger partial charge in [-0.25, -0.2) is 0 Å². The molecule has 11 rings (SSSR count). The topological polar surface area (TPSA) is 8.17 Å². The first-order valence-electron chi connectivity index (χ1n) is 20.1. The predicted octanol–water partition coefficient (Wildman–Crippen LogP) is 12.2. The van der Waals surface area contributed by atoms with E-state index in [0.29, 0.717) is 0 Å². The Labute approximate surface area is 324 Å². The van der Waals surface area contributed by atoms with Crippen molar-refractivity contribution in [2.45, 2.75) is 78.6 Å². The van der Waals surface area contributed by atoms with Crippen molar-refractivity contribution in [1.29, 1.82) is 0 Å². The fraction of sp³-hybridized carbons (Fsp3) is 0.231. The Morgan fingerprint density at radius 3 is 1.71 bits per heavy atom. The summed E-state index contributed by atoms with van der Waals surface area (Å²) in [4.78, 5) is 2.55. The molecule has 0 radical (unpaired) electrons. The van der Waals surface area contributed by atoms with Gasteiger partial charge in [0, 0.05) is 33.5 Å². The third-order valence-corrected chi connectivity index (χ3v) is 13.0. The van der Waals surface area contributed by atoms with E-state index in [0.717, 1.165) is 0 Å². The summed E-state index contributed by atoms with van der Waals surface area (Å²) in [5.41, 5.74) is 16.0. The van der Waals surface area contributed by atoms with Crippen molar-refractivity contribution in [3.05, 3.63) is 138 Å². The molecule has 0 atom stereocenters. The van der Waals surface area contributed by atoms with Gasteiger partial charge in [0.1, 0.15) is 0 Å². The van der Waals surface area contributed by atoms with Crippen LogP contribution < -0.4 is 21.3 Å². The quantitative estimate of drug-likeness (QED) is 0.122. The van der Waals surface area contributed by atoms with Crippen LogP contribution in [0.3, 0.4) is 0 Å². The molecule has 55 heavy (non-hydrogen) atoms. The van der Waals surface area contributed by atoms with Crippen LogP contribution >= 0.6 is 0 Å². The molecule has 0 fully saturated rings. The summed E-state index contributed by atoms with van der Waals surface area (Å²) in [7, 11) is 0. The minimum atomic E-state index is -0.00108. The monoisotopic (exact) mass is 710 g/mol. The van der Waals surface area contributed by atoms with E-state index in [4.69, 9.17) is 0 Å². The molecule has 2 aliphatic rings. The Bertz CT molecular complexity index is 3070. The van der Waals surface area contributed by atoms with Gasteiger partial charge in [-0.2, -0.15) is 0 Å². The Morgan fingerprint density at radius 1 is 0.436 bits per heavy atom. The van der Waals surface area contributed by atoms with Gasteiger partial charge in [0.05, 0.1) is 11.0 Å². The molecule has 3 heterocycles. The van der Waals surface area contributed by atoms with E-state index in [2.05, 4.69) is 193 Å². The number of benzene rings is 8. The summed E-state index contributed by atoms with van der Waals surface area (Å²) < 4.78 is 2.65. The molecule has 0 spiro atoms. The van der Waals surface area contributed by atoms with Crippen LogP contribution in [0.1, 0.15) is 79.0 Å². The zero-order valence-corrected chi connectivity index (χ0v) is 33.5. The molecule has 1 aromatic heterocycles. The smallest absolute Gasteiger partial charge is 0.252 e. The van der Waals surface area contributed by atoms with E-state index < -0.39 is 0 Å². The van der Waals surface area contributed by atoms with E-state index >= 15 is 0 Å². The molecule has 8 aromatic carbocycles. The van der Waals surface area contributed by atoms with Gasteiger partial charge in [-0.05, 0) is 118 Å². The van der Waals surface area contributed by atoms with Gasteiger partial charge in [0.15, 0.2) is 0 Å². The molecule has 3 heteroatoms. The van der Waals surface area contributed by atoms with E-state index in [1.54, 1.807) is 0 Å². The first kappa shape index (κ1) is 32.9. The molecule has 0 amide bonds. The number of anilines is 3. The highest BCUT2D eigenvalue weighted by atomic mass is 15.2. The van der Waals surface area contributed by atoms with Crippen molar-refractivity contribution in [3.63, 3.8) is 0 Å². The average Bonchev–Trinajstić information content (AvgIpc) is 3.49. The number of hydrogen-bond acceptors (Lipinski definition) is 1. The summed E-state index contributed by atoms with van der Waals surface area (Å²) in [6.07, 6.45) is 0. The Balaban J connectivity index is 1.35. The maximum absolute atomic E-state index is 2.65. The predicted molar refractivity (Wildman–Crippen MR) is 240 cm³/mol. The number of rotatable bonds is 1. The minimum Gasteiger partial charge on any atom is -0.311 e. The molecule has 2 nitrogen and oxygen atoms in total. The van der Waals surface area contributed by atoms with Crippen LogP contribution in [0.5, 0.6) is 0 Å². The van der Waals surface area contributed by atoms with Gasteiger partial charge in [0.25, 0.3) is 6.71 Å². The van der Waals surface area contributed by atoms with Crippen molar-refractivity contribution >= 4 is 94.3 Å². The lowest BCUT2D eigenvalue weighted by atomic mass is 9.33. The molecule has 0 aliphatic carbocycles. The highest BCUT2D eigenvalue weighted by molar-refractivity contribution is 7.02. The van der Waals surface area contributed by atoms with Crippen molar-refractivity contribution in [2.24, 2.45) is 0 Å². The van der Waals surface area contributed by atoms with Crippen molar-refractivity contribution < 1.29 is 0 Å². The summed E-state index contributed by atoms with van der Waals surface area (Å²) >= 11 is 0. The Hall–Kier alpha value is -5.54. The van der Waals surface area contributed by atoms with Gasteiger partial charge < -0.3 is 9.47 Å². The maximum Gasteiger partial charge on any atom is 0.252 e. The van der Waals surface area contributed by atoms with Crippen molar-refractivity contribution in [3.8, 4) is 5.69 Å². The standard InChI is InChI=1S/C52H47BN2/c1-50(2,3)32-18-22-35(23-19-32)54-40-27-21-33(51(4,5)6)28-39(40)53-47-38-25-17-31-13-10-12-30-16-24-37(45(38)44(30)31)46-36-26-20-34(52(7,8)9)29-43(36)55(49(46)47)42-15-11-14-41(54)48(42)53/h10-29H,1-9H3. The summed E-state index contributed by atoms with van der Waals surface area (Å²) in [6.45, 7) is 21.0. The van der Waals surface area contributed by atoms with Crippen molar-refractivity contribution in [2.75, 3.05) is 4.90 Å². The van der Waals surface area contributed by atoms with E-state index in [-0.39, 0.29) is 23.0 Å². The minimum absolute atomic E-state index is 0.00108. The highest BCUT2D eigenvalue weighted by Crippen LogP contribution is 2.47. The van der Waals surface area contributed by atoms with E-state index in [1.807, 2.05) is 0 Å². The average molecular weight is 711 g/mol. The van der Waals surface area contributed by atoms with Gasteiger partial charge in [-0.1, -0.05) is 147 Å². The van der Waals surface area contributed by atoms with Crippen LogP contribution in [-0.2, 0) is 16.2 Å². The zero-order chi connectivity index (χ0) is 37.9. The normalized spacial score (nSPS) is 14.2. The third kappa shape index (κ3) is 4.39. The maximum atomic E-state index is 2.65. The summed E-state index contributed by atoms with van der Waals surface area (Å²) in [6, 6.07) is 47.4. The molecule has 0 N–H and O–H groups in total. The Kier molecular flexibility index (Phi) is 6.34. The second-order valence-electron chi connectivity index (χ2n) is 19.4. The number of nitrogens with zero attached hydrogens (tertiary/aromatic N) is 2. The Morgan fingerprint density at radius 2 is 1.02 bits per heavy atom. The van der Waals surface area contributed by atoms with E-state index in [1.165, 1.54) is 110 Å². The van der Waals surface area contributed by atoms with Gasteiger partial charge in [-0.15, -0.1) is 0 Å². The number of hydrogen-bond donors (Lipinski definition) is 0. The van der Waals surface area contributed by atoms with Gasteiger partial charge in [-0.3, -0.25) is 0 Å². The molecular formula is C52H47BN2. The number of fused-ring (bicyclic) bond motifs is 9. The highest BCUT2D eigenvalue weighted by Gasteiger charge is 2.44. The molecule has 0 saturated carbocycles. The first-order valence-corrected chi connectivity index (χ1v) is 20.1. The molecule has 0 unspecified atom stereocenters. The lowest BCUT2D eigenvalue weighted by Crippen LogP contribution is -2.60. The van der Waals surface area contributed by atoms with Crippen LogP contribution in [-0.4, -0.2) is 11.3 Å². The lowest BCUT2D eigenvalue weighted by Gasteiger charge is -2.41. The summed E-state index contributed by atoms with van der Waals surface area (Å²) in [5.74, 6) is 0. The molecule has 0 bridgehead atoms. The number of aromatic nitrogens is 1. The van der Waals surface area contributed by atoms with E-state index in [9.17, 15) is 0 Å². The van der Waals surface area contributed by atoms with Gasteiger partial charge in [0.2, 0.25) is 0 Å². The lowest BCUT2D eigenvalue weighted by molar-refractivity contribution is 0.590. The van der Waals surface area contributed by atoms with Gasteiger partial charge >= 0.3 is 0 Å². The van der Waals surface area contributed by atoms with Crippen LogP contribution in [0.25, 0.3) is 59.8 Å². The molecule has 9 aromatic rings. The van der Waals surface area contributed by atoms with Crippen LogP contribution in [0.2, 0.25) is 0 Å². The first-order chi connectivity index (χ1) is 26.2. The second kappa shape index (κ2) is 10.6.